The zero-order valence-corrected chi connectivity index (χ0v) is 15.1. The lowest BCUT2D eigenvalue weighted by Crippen LogP contribution is -2.33. The minimum atomic E-state index is -0.525. The Balaban J connectivity index is 1.89. The van der Waals surface area contributed by atoms with Crippen LogP contribution in [0.25, 0.3) is 6.08 Å². The molecule has 0 radical (unpaired) electrons. The van der Waals surface area contributed by atoms with Crippen LogP contribution in [0.1, 0.15) is 5.56 Å². The predicted octanol–water partition coefficient (Wildman–Crippen LogP) is 3.60. The van der Waals surface area contributed by atoms with Crippen LogP contribution in [0.2, 0.25) is 5.02 Å². The first-order valence-corrected chi connectivity index (χ1v) is 8.09. The van der Waals surface area contributed by atoms with Gasteiger partial charge in [0.1, 0.15) is 11.6 Å². The SMILES string of the molecule is COc1ccc(NC(=O)CN(C)C(=O)/C=C/c2ccc(F)c(Cl)c2)cc1. The van der Waals surface area contributed by atoms with Gasteiger partial charge in [-0.25, -0.2) is 4.39 Å². The molecule has 7 heteroatoms. The van der Waals surface area contributed by atoms with Gasteiger partial charge in [0.25, 0.3) is 0 Å². The molecule has 1 N–H and O–H groups in total. The van der Waals surface area contributed by atoms with Gasteiger partial charge >= 0.3 is 0 Å². The zero-order chi connectivity index (χ0) is 19.1. The summed E-state index contributed by atoms with van der Waals surface area (Å²) in [5.41, 5.74) is 1.19. The Hall–Kier alpha value is -2.86. The molecule has 5 nitrogen and oxygen atoms in total. The normalized spacial score (nSPS) is 10.6. The fourth-order valence-corrected chi connectivity index (χ4v) is 2.27. The van der Waals surface area contributed by atoms with Crippen LogP contribution in [0.15, 0.2) is 48.5 Å². The molecule has 0 fully saturated rings. The highest BCUT2D eigenvalue weighted by molar-refractivity contribution is 6.30. The number of rotatable bonds is 6. The van der Waals surface area contributed by atoms with E-state index in [1.807, 2.05) is 0 Å². The summed E-state index contributed by atoms with van der Waals surface area (Å²) in [7, 11) is 3.07. The highest BCUT2D eigenvalue weighted by atomic mass is 35.5. The molecule has 0 aliphatic carbocycles. The average molecular weight is 377 g/mol. The summed E-state index contributed by atoms with van der Waals surface area (Å²) in [6.45, 7) is -0.112. The Morgan fingerprint density at radius 1 is 1.23 bits per heavy atom. The number of ether oxygens (including phenoxy) is 1. The van der Waals surface area contributed by atoms with Gasteiger partial charge in [-0.15, -0.1) is 0 Å². The maximum Gasteiger partial charge on any atom is 0.246 e. The van der Waals surface area contributed by atoms with Crippen LogP contribution in [0.5, 0.6) is 5.75 Å². The Morgan fingerprint density at radius 3 is 2.54 bits per heavy atom. The number of nitrogens with zero attached hydrogens (tertiary/aromatic N) is 1. The number of halogens is 2. The molecule has 0 spiro atoms. The van der Waals surface area contributed by atoms with E-state index in [9.17, 15) is 14.0 Å². The van der Waals surface area contributed by atoms with Crippen LogP contribution in [0.3, 0.4) is 0 Å². The lowest BCUT2D eigenvalue weighted by Gasteiger charge is -2.15. The first-order valence-electron chi connectivity index (χ1n) is 7.71. The van der Waals surface area contributed by atoms with Gasteiger partial charge in [0.15, 0.2) is 0 Å². The van der Waals surface area contributed by atoms with Crippen molar-refractivity contribution < 1.29 is 18.7 Å². The minimum absolute atomic E-state index is 0.0215. The number of carbonyl (C=O) groups is 2. The van der Waals surface area contributed by atoms with E-state index in [2.05, 4.69) is 5.32 Å². The van der Waals surface area contributed by atoms with E-state index in [0.717, 1.165) is 0 Å². The molecule has 0 bridgehead atoms. The van der Waals surface area contributed by atoms with E-state index < -0.39 is 5.82 Å². The molecule has 136 valence electrons. The van der Waals surface area contributed by atoms with Crippen LogP contribution in [0, 0.1) is 5.82 Å². The number of carbonyl (C=O) groups excluding carboxylic acids is 2. The van der Waals surface area contributed by atoms with E-state index in [4.69, 9.17) is 16.3 Å². The molecule has 0 saturated heterocycles. The minimum Gasteiger partial charge on any atom is -0.497 e. The largest absolute Gasteiger partial charge is 0.497 e. The van der Waals surface area contributed by atoms with Gasteiger partial charge in [-0.3, -0.25) is 9.59 Å². The predicted molar refractivity (Wildman–Crippen MR) is 99.7 cm³/mol. The first kappa shape index (κ1) is 19.5. The van der Waals surface area contributed by atoms with Crippen LogP contribution < -0.4 is 10.1 Å². The number of nitrogens with one attached hydrogen (secondary N) is 1. The van der Waals surface area contributed by atoms with Gasteiger partial charge in [-0.05, 0) is 48.0 Å². The molecule has 0 atom stereocenters. The van der Waals surface area contributed by atoms with Gasteiger partial charge in [-0.2, -0.15) is 0 Å². The molecule has 2 rings (SSSR count). The average Bonchev–Trinajstić information content (AvgIpc) is 2.62. The van der Waals surface area contributed by atoms with Gasteiger partial charge in [-0.1, -0.05) is 17.7 Å². The van der Waals surface area contributed by atoms with E-state index in [0.29, 0.717) is 17.0 Å². The quantitative estimate of drug-likeness (QED) is 0.784. The van der Waals surface area contributed by atoms with Crippen molar-refractivity contribution in [3.05, 3.63) is 64.9 Å². The third kappa shape index (κ3) is 5.60. The van der Waals surface area contributed by atoms with Crippen molar-refractivity contribution in [3.63, 3.8) is 0 Å². The van der Waals surface area contributed by atoms with Crippen LogP contribution in [-0.4, -0.2) is 37.4 Å². The molecule has 2 aromatic carbocycles. The second-order valence-corrected chi connectivity index (χ2v) is 5.89. The Morgan fingerprint density at radius 2 is 1.92 bits per heavy atom. The summed E-state index contributed by atoms with van der Waals surface area (Å²) in [4.78, 5) is 25.4. The molecule has 2 aromatic rings. The molecule has 0 unspecified atom stereocenters. The van der Waals surface area contributed by atoms with Crippen molar-refractivity contribution in [1.29, 1.82) is 0 Å². The highest BCUT2D eigenvalue weighted by Gasteiger charge is 2.11. The molecular formula is C19H18ClFN2O3. The van der Waals surface area contributed by atoms with Crippen molar-refractivity contribution >= 4 is 35.2 Å². The van der Waals surface area contributed by atoms with Crippen molar-refractivity contribution in [2.75, 3.05) is 26.0 Å². The second kappa shape index (κ2) is 9.01. The number of methoxy groups -OCH3 is 1. The maximum atomic E-state index is 13.1. The van der Waals surface area contributed by atoms with Crippen LogP contribution in [-0.2, 0) is 9.59 Å². The Bertz CT molecular complexity index is 822. The van der Waals surface area contributed by atoms with Gasteiger partial charge in [0.05, 0.1) is 18.7 Å². The van der Waals surface area contributed by atoms with E-state index in [1.54, 1.807) is 31.4 Å². The monoisotopic (exact) mass is 376 g/mol. The second-order valence-electron chi connectivity index (χ2n) is 5.48. The standard InChI is InChI=1S/C19H18ClFN2O3/c1-23(12-18(24)22-14-5-7-15(26-2)8-6-14)19(25)10-4-13-3-9-17(21)16(20)11-13/h3-11H,12H2,1-2H3,(H,22,24)/b10-4+. The summed E-state index contributed by atoms with van der Waals surface area (Å²) in [5.74, 6) is -0.539. The molecule has 0 saturated carbocycles. The Kier molecular flexibility index (Phi) is 6.74. The summed E-state index contributed by atoms with van der Waals surface area (Å²) >= 11 is 5.69. The molecule has 26 heavy (non-hydrogen) atoms. The number of hydrogen-bond acceptors (Lipinski definition) is 3. The third-order valence-corrected chi connectivity index (χ3v) is 3.78. The van der Waals surface area contributed by atoms with Crippen molar-refractivity contribution in [2.24, 2.45) is 0 Å². The van der Waals surface area contributed by atoms with Gasteiger partial charge < -0.3 is 15.0 Å². The number of anilines is 1. The molecule has 0 aliphatic rings. The lowest BCUT2D eigenvalue weighted by molar-refractivity contribution is -0.129. The fourth-order valence-electron chi connectivity index (χ4n) is 2.08. The van der Waals surface area contributed by atoms with Crippen LogP contribution in [0.4, 0.5) is 10.1 Å². The summed E-state index contributed by atoms with van der Waals surface area (Å²) < 4.78 is 18.2. The molecule has 2 amide bonds. The fraction of sp³-hybridized carbons (Fsp3) is 0.158. The number of benzene rings is 2. The number of hydrogen-bond donors (Lipinski definition) is 1. The van der Waals surface area contributed by atoms with Crippen LogP contribution >= 0.6 is 11.6 Å². The molecule has 0 aromatic heterocycles. The zero-order valence-electron chi connectivity index (χ0n) is 14.3. The summed E-state index contributed by atoms with van der Waals surface area (Å²) in [6.07, 6.45) is 2.80. The van der Waals surface area contributed by atoms with Crippen molar-refractivity contribution in [3.8, 4) is 5.75 Å². The summed E-state index contributed by atoms with van der Waals surface area (Å²) in [6, 6.07) is 11.0. The number of amides is 2. The third-order valence-electron chi connectivity index (χ3n) is 3.49. The molecular weight excluding hydrogens is 359 g/mol. The van der Waals surface area contributed by atoms with Crippen molar-refractivity contribution in [1.82, 2.24) is 4.90 Å². The topological polar surface area (TPSA) is 58.6 Å². The van der Waals surface area contributed by atoms with Crippen molar-refractivity contribution in [2.45, 2.75) is 0 Å². The maximum absolute atomic E-state index is 13.1. The van der Waals surface area contributed by atoms with E-state index in [1.165, 1.54) is 42.3 Å². The lowest BCUT2D eigenvalue weighted by atomic mass is 10.2. The highest BCUT2D eigenvalue weighted by Crippen LogP contribution is 2.17. The summed E-state index contributed by atoms with van der Waals surface area (Å²) in [5, 5.41) is 2.67. The van der Waals surface area contributed by atoms with E-state index in [-0.39, 0.29) is 23.4 Å². The van der Waals surface area contributed by atoms with Gasteiger partial charge in [0, 0.05) is 18.8 Å². The molecule has 0 aliphatic heterocycles. The smallest absolute Gasteiger partial charge is 0.246 e. The first-order chi connectivity index (χ1) is 12.4. The van der Waals surface area contributed by atoms with E-state index >= 15 is 0 Å². The Labute approximate surface area is 156 Å². The molecule has 0 heterocycles. The van der Waals surface area contributed by atoms with Gasteiger partial charge in [0.2, 0.25) is 11.8 Å². The number of likely N-dealkylation sites (N-methyl/N-ethyl adjacent to an activating group) is 1.